The van der Waals surface area contributed by atoms with Crippen molar-refractivity contribution in [2.24, 2.45) is 0 Å². The molecular weight excluding hydrogens is 474 g/mol. The predicted molar refractivity (Wildman–Crippen MR) is 143 cm³/mol. The maximum absolute atomic E-state index is 13.5. The minimum absolute atomic E-state index is 0.0934. The van der Waals surface area contributed by atoms with Crippen molar-refractivity contribution in [3.8, 4) is 5.75 Å². The van der Waals surface area contributed by atoms with E-state index in [9.17, 15) is 13.2 Å². The minimum Gasteiger partial charge on any atom is -0.494 e. The zero-order chi connectivity index (χ0) is 25.4. The van der Waals surface area contributed by atoms with Crippen molar-refractivity contribution in [2.45, 2.75) is 37.6 Å². The first-order valence-corrected chi connectivity index (χ1v) is 13.8. The summed E-state index contributed by atoms with van der Waals surface area (Å²) in [7, 11) is -3.97. The monoisotopic (exact) mass is 507 g/mol. The molecule has 0 saturated carbocycles. The van der Waals surface area contributed by atoms with Crippen molar-refractivity contribution in [1.82, 2.24) is 5.32 Å². The highest BCUT2D eigenvalue weighted by atomic mass is 32.2. The van der Waals surface area contributed by atoms with Crippen molar-refractivity contribution < 1.29 is 17.9 Å². The molecule has 1 N–H and O–H groups in total. The van der Waals surface area contributed by atoms with Gasteiger partial charge in [0.2, 0.25) is 5.91 Å². The highest BCUT2D eigenvalue weighted by Gasteiger charge is 2.27. The largest absolute Gasteiger partial charge is 0.494 e. The molecule has 0 aliphatic carbocycles. The lowest BCUT2D eigenvalue weighted by Gasteiger charge is -2.28. The zero-order valence-corrected chi connectivity index (χ0v) is 21.4. The van der Waals surface area contributed by atoms with Crippen molar-refractivity contribution >= 4 is 27.3 Å². The Labute approximate surface area is 213 Å². The topological polar surface area (TPSA) is 79.0 Å². The number of nitrogens with zero attached hydrogens (tertiary/aromatic N) is 2. The molecule has 0 radical (unpaired) electrons. The number of anilines is 2. The van der Waals surface area contributed by atoms with Crippen LogP contribution in [0.2, 0.25) is 0 Å². The molecule has 0 unspecified atom stereocenters. The van der Waals surface area contributed by atoms with Crippen LogP contribution in [0.5, 0.6) is 5.75 Å². The molecule has 7 nitrogen and oxygen atoms in total. The van der Waals surface area contributed by atoms with Gasteiger partial charge in [-0.2, -0.15) is 0 Å². The number of ether oxygens (including phenoxy) is 1. The van der Waals surface area contributed by atoms with Crippen LogP contribution >= 0.6 is 0 Å². The van der Waals surface area contributed by atoms with Crippen molar-refractivity contribution in [3.63, 3.8) is 0 Å². The van der Waals surface area contributed by atoms with Crippen LogP contribution in [0, 0.1) is 0 Å². The van der Waals surface area contributed by atoms with Crippen LogP contribution in [0.15, 0.2) is 83.8 Å². The minimum atomic E-state index is -3.97. The maximum atomic E-state index is 13.5. The molecule has 3 aromatic carbocycles. The van der Waals surface area contributed by atoms with Crippen LogP contribution in [0.25, 0.3) is 0 Å². The fourth-order valence-electron chi connectivity index (χ4n) is 4.27. The number of hydrogen-bond donors (Lipinski definition) is 1. The van der Waals surface area contributed by atoms with E-state index in [0.717, 1.165) is 23.0 Å². The number of rotatable bonds is 10. The van der Waals surface area contributed by atoms with Crippen molar-refractivity contribution in [2.75, 3.05) is 35.4 Å². The Morgan fingerprint density at radius 1 is 0.917 bits per heavy atom. The molecule has 4 rings (SSSR count). The number of para-hydroxylation sites is 1. The molecule has 1 heterocycles. The van der Waals surface area contributed by atoms with E-state index in [0.29, 0.717) is 24.6 Å². The van der Waals surface area contributed by atoms with Gasteiger partial charge in [0, 0.05) is 25.3 Å². The van der Waals surface area contributed by atoms with Gasteiger partial charge >= 0.3 is 0 Å². The number of piperidine rings is 1. The first kappa shape index (κ1) is 25.6. The Bertz CT molecular complexity index is 1220. The summed E-state index contributed by atoms with van der Waals surface area (Å²) in [6.45, 7) is 4.51. The number of nitrogens with one attached hydrogen (secondary N) is 1. The van der Waals surface area contributed by atoms with Gasteiger partial charge in [0.05, 0.1) is 17.2 Å². The quantitative estimate of drug-likeness (QED) is 0.434. The first-order chi connectivity index (χ1) is 17.5. The predicted octanol–water partition coefficient (Wildman–Crippen LogP) is 4.59. The Hall–Kier alpha value is -3.52. The van der Waals surface area contributed by atoms with Gasteiger partial charge in [0.15, 0.2) is 0 Å². The molecule has 36 heavy (non-hydrogen) atoms. The van der Waals surface area contributed by atoms with Crippen LogP contribution in [0.4, 0.5) is 11.4 Å². The summed E-state index contributed by atoms with van der Waals surface area (Å²) in [5.74, 6) is 0.209. The summed E-state index contributed by atoms with van der Waals surface area (Å²) in [6.07, 6.45) is 3.72. The number of sulfonamides is 1. The van der Waals surface area contributed by atoms with E-state index in [1.54, 1.807) is 42.5 Å². The average Bonchev–Trinajstić information content (AvgIpc) is 2.92. The number of benzene rings is 3. The summed E-state index contributed by atoms with van der Waals surface area (Å²) in [6, 6.07) is 23.1. The molecule has 0 bridgehead atoms. The molecule has 8 heteroatoms. The van der Waals surface area contributed by atoms with E-state index in [1.165, 1.54) is 37.1 Å². The van der Waals surface area contributed by atoms with Crippen LogP contribution in [-0.2, 0) is 21.4 Å². The second kappa shape index (κ2) is 11.9. The second-order valence-corrected chi connectivity index (χ2v) is 10.6. The number of hydrogen-bond acceptors (Lipinski definition) is 5. The lowest BCUT2D eigenvalue weighted by Crippen LogP contribution is -2.40. The van der Waals surface area contributed by atoms with Gasteiger partial charge in [-0.3, -0.25) is 9.10 Å². The molecule has 0 spiro atoms. The number of amides is 1. The molecule has 1 amide bonds. The third-order valence-corrected chi connectivity index (χ3v) is 7.99. The highest BCUT2D eigenvalue weighted by Crippen LogP contribution is 2.25. The molecule has 1 aliphatic heterocycles. The third kappa shape index (κ3) is 6.37. The number of carbonyl (C=O) groups excluding carboxylic acids is 1. The van der Waals surface area contributed by atoms with Crippen LogP contribution in [0.1, 0.15) is 31.7 Å². The van der Waals surface area contributed by atoms with Gasteiger partial charge in [-0.05, 0) is 80.3 Å². The van der Waals surface area contributed by atoms with Gasteiger partial charge in [-0.25, -0.2) is 8.42 Å². The lowest BCUT2D eigenvalue weighted by molar-refractivity contribution is -0.119. The molecule has 1 saturated heterocycles. The Balaban J connectivity index is 1.44. The van der Waals surface area contributed by atoms with Gasteiger partial charge in [-0.1, -0.05) is 30.3 Å². The zero-order valence-electron chi connectivity index (χ0n) is 20.6. The van der Waals surface area contributed by atoms with E-state index >= 15 is 0 Å². The third-order valence-electron chi connectivity index (χ3n) is 6.20. The van der Waals surface area contributed by atoms with Gasteiger partial charge in [-0.15, -0.1) is 0 Å². The first-order valence-electron chi connectivity index (χ1n) is 12.4. The van der Waals surface area contributed by atoms with Crippen LogP contribution < -0.4 is 19.3 Å². The van der Waals surface area contributed by atoms with E-state index in [-0.39, 0.29) is 17.3 Å². The fourth-order valence-corrected chi connectivity index (χ4v) is 5.70. The SMILES string of the molecule is CCOc1ccc(S(=O)(=O)N(CC(=O)NCc2ccc(N3CCCCC3)cc2)c2ccccc2)cc1. The van der Waals surface area contributed by atoms with Gasteiger partial charge in [0.25, 0.3) is 10.0 Å². The van der Waals surface area contributed by atoms with Gasteiger partial charge in [0.1, 0.15) is 12.3 Å². The Kier molecular flexibility index (Phi) is 8.48. The maximum Gasteiger partial charge on any atom is 0.264 e. The molecular formula is C28H33N3O4S. The second-order valence-electron chi connectivity index (χ2n) is 8.74. The van der Waals surface area contributed by atoms with E-state index < -0.39 is 10.0 Å². The summed E-state index contributed by atoms with van der Waals surface area (Å²) in [5, 5.41) is 2.87. The fraction of sp³-hybridized carbons (Fsp3) is 0.321. The summed E-state index contributed by atoms with van der Waals surface area (Å²) >= 11 is 0. The smallest absolute Gasteiger partial charge is 0.264 e. The van der Waals surface area contributed by atoms with E-state index in [1.807, 2.05) is 19.1 Å². The Morgan fingerprint density at radius 2 is 1.58 bits per heavy atom. The molecule has 0 aromatic heterocycles. The Morgan fingerprint density at radius 3 is 2.22 bits per heavy atom. The summed E-state index contributed by atoms with van der Waals surface area (Å²) in [5.41, 5.74) is 2.58. The lowest BCUT2D eigenvalue weighted by atomic mass is 10.1. The number of carbonyl (C=O) groups is 1. The van der Waals surface area contributed by atoms with Gasteiger partial charge < -0.3 is 15.0 Å². The van der Waals surface area contributed by atoms with Crippen molar-refractivity contribution in [1.29, 1.82) is 0 Å². The standard InChI is InChI=1S/C28H33N3O4S/c1-2-35-26-15-17-27(18-16-26)36(33,34)31(25-9-5-3-6-10-25)22-28(32)29-21-23-11-13-24(14-12-23)30-19-7-4-8-20-30/h3,5-6,9-18H,2,4,7-8,19-22H2,1H3,(H,29,32). The average molecular weight is 508 g/mol. The molecule has 190 valence electrons. The van der Waals surface area contributed by atoms with E-state index in [4.69, 9.17) is 4.74 Å². The molecule has 3 aromatic rings. The molecule has 0 atom stereocenters. The molecule has 1 fully saturated rings. The van der Waals surface area contributed by atoms with E-state index in [2.05, 4.69) is 22.3 Å². The summed E-state index contributed by atoms with van der Waals surface area (Å²) < 4.78 is 33.6. The highest BCUT2D eigenvalue weighted by molar-refractivity contribution is 7.92. The van der Waals surface area contributed by atoms with Crippen LogP contribution in [-0.4, -0.2) is 40.6 Å². The van der Waals surface area contributed by atoms with Crippen LogP contribution in [0.3, 0.4) is 0 Å². The molecule has 1 aliphatic rings. The van der Waals surface area contributed by atoms with Crippen molar-refractivity contribution in [3.05, 3.63) is 84.4 Å². The normalized spacial score (nSPS) is 13.8. The summed E-state index contributed by atoms with van der Waals surface area (Å²) in [4.78, 5) is 15.4.